The predicted molar refractivity (Wildman–Crippen MR) is 85.0 cm³/mol. The largest absolute Gasteiger partial charge is 0.356 e. The Bertz CT molecular complexity index is 404. The summed E-state index contributed by atoms with van der Waals surface area (Å²) in [5.74, 6) is 0.140. The van der Waals surface area contributed by atoms with Crippen molar-refractivity contribution in [1.29, 1.82) is 0 Å². The van der Waals surface area contributed by atoms with Gasteiger partial charge in [-0.3, -0.25) is 4.79 Å². The molecule has 1 aromatic carbocycles. The zero-order chi connectivity index (χ0) is 15.0. The lowest BCUT2D eigenvalue weighted by molar-refractivity contribution is -0.121. The van der Waals surface area contributed by atoms with Gasteiger partial charge in [0.1, 0.15) is 0 Å². The maximum atomic E-state index is 11.7. The van der Waals surface area contributed by atoms with Crippen LogP contribution in [0.25, 0.3) is 0 Å². The van der Waals surface area contributed by atoms with E-state index in [9.17, 15) is 4.79 Å². The summed E-state index contributed by atoms with van der Waals surface area (Å²) >= 11 is 0. The Balaban J connectivity index is 2.33. The van der Waals surface area contributed by atoms with Gasteiger partial charge in [0.2, 0.25) is 5.91 Å². The molecule has 0 bridgehead atoms. The highest BCUT2D eigenvalue weighted by atomic mass is 16.1. The lowest BCUT2D eigenvalue weighted by Gasteiger charge is -2.19. The van der Waals surface area contributed by atoms with Crippen LogP contribution in [-0.2, 0) is 16.6 Å². The number of amides is 1. The number of carbonyl (C=O) groups excluding carboxylic acids is 1. The molecular weight excluding hydrogens is 248 g/mol. The van der Waals surface area contributed by atoms with Crippen LogP contribution in [0, 0.1) is 0 Å². The van der Waals surface area contributed by atoms with E-state index in [0.717, 1.165) is 25.9 Å². The van der Waals surface area contributed by atoms with Gasteiger partial charge in [0, 0.05) is 13.0 Å². The van der Waals surface area contributed by atoms with E-state index >= 15 is 0 Å². The van der Waals surface area contributed by atoms with Crippen LogP contribution in [0.5, 0.6) is 0 Å². The van der Waals surface area contributed by atoms with Gasteiger partial charge in [0.05, 0.1) is 0 Å². The number of rotatable bonds is 7. The van der Waals surface area contributed by atoms with E-state index in [1.807, 2.05) is 7.05 Å². The fourth-order valence-corrected chi connectivity index (χ4v) is 2.01. The van der Waals surface area contributed by atoms with E-state index < -0.39 is 0 Å². The van der Waals surface area contributed by atoms with Crippen molar-refractivity contribution in [2.45, 2.75) is 45.4 Å². The number of carbonyl (C=O) groups is 1. The van der Waals surface area contributed by atoms with Crippen molar-refractivity contribution >= 4 is 5.91 Å². The fourth-order valence-electron chi connectivity index (χ4n) is 2.01. The second kappa shape index (κ2) is 8.05. The first-order chi connectivity index (χ1) is 9.43. The van der Waals surface area contributed by atoms with Crippen molar-refractivity contribution in [1.82, 2.24) is 10.6 Å². The molecule has 0 aliphatic rings. The van der Waals surface area contributed by atoms with Gasteiger partial charge in [-0.1, -0.05) is 45.0 Å². The first-order valence-corrected chi connectivity index (χ1v) is 7.44. The van der Waals surface area contributed by atoms with Gasteiger partial charge in [-0.15, -0.1) is 0 Å². The van der Waals surface area contributed by atoms with Crippen LogP contribution in [0.1, 0.15) is 44.7 Å². The van der Waals surface area contributed by atoms with Crippen LogP contribution < -0.4 is 10.6 Å². The Morgan fingerprint density at radius 2 is 1.75 bits per heavy atom. The molecule has 3 heteroatoms. The number of aryl methyl sites for hydroxylation is 1. The van der Waals surface area contributed by atoms with Crippen molar-refractivity contribution in [3.63, 3.8) is 0 Å². The second-order valence-corrected chi connectivity index (χ2v) is 6.25. The van der Waals surface area contributed by atoms with Gasteiger partial charge in [-0.2, -0.15) is 0 Å². The molecule has 0 spiro atoms. The zero-order valence-electron chi connectivity index (χ0n) is 13.3. The summed E-state index contributed by atoms with van der Waals surface area (Å²) in [6.07, 6.45) is 2.35. The van der Waals surface area contributed by atoms with Crippen molar-refractivity contribution in [3.05, 3.63) is 35.4 Å². The molecule has 0 aliphatic heterocycles. The van der Waals surface area contributed by atoms with Gasteiger partial charge < -0.3 is 10.6 Å². The molecule has 112 valence electrons. The molecule has 0 aromatic heterocycles. The molecule has 2 N–H and O–H groups in total. The summed E-state index contributed by atoms with van der Waals surface area (Å²) in [5.41, 5.74) is 2.74. The molecule has 1 aromatic rings. The third kappa shape index (κ3) is 6.20. The fraction of sp³-hybridized carbons (Fsp3) is 0.588. The molecule has 0 saturated heterocycles. The third-order valence-corrected chi connectivity index (χ3v) is 3.39. The maximum absolute atomic E-state index is 11.7. The number of hydrogen-bond donors (Lipinski definition) is 2. The number of hydrogen-bond acceptors (Lipinski definition) is 2. The van der Waals surface area contributed by atoms with Gasteiger partial charge >= 0.3 is 0 Å². The molecule has 0 heterocycles. The minimum Gasteiger partial charge on any atom is -0.356 e. The lowest BCUT2D eigenvalue weighted by atomic mass is 9.86. The minimum atomic E-state index is 0.140. The van der Waals surface area contributed by atoms with E-state index in [1.54, 1.807) is 0 Å². The summed E-state index contributed by atoms with van der Waals surface area (Å²) in [6, 6.07) is 8.60. The molecule has 0 aliphatic carbocycles. The molecule has 0 saturated carbocycles. The standard InChI is InChI=1S/C17H28N2O/c1-17(2,3)15-9-6-14(7-10-15)8-11-16(20)19-13-5-12-18-4/h6-7,9-10,18H,5,8,11-13H2,1-4H3,(H,19,20). The first kappa shape index (κ1) is 16.7. The molecule has 1 amide bonds. The maximum Gasteiger partial charge on any atom is 0.220 e. The van der Waals surface area contributed by atoms with Crippen molar-refractivity contribution in [2.75, 3.05) is 20.1 Å². The molecule has 0 fully saturated rings. The molecule has 0 radical (unpaired) electrons. The molecule has 3 nitrogen and oxygen atoms in total. The van der Waals surface area contributed by atoms with E-state index in [-0.39, 0.29) is 11.3 Å². The lowest BCUT2D eigenvalue weighted by Crippen LogP contribution is -2.26. The Kier molecular flexibility index (Phi) is 6.73. The van der Waals surface area contributed by atoms with Crippen molar-refractivity contribution in [3.8, 4) is 0 Å². The van der Waals surface area contributed by atoms with E-state index in [0.29, 0.717) is 6.42 Å². The first-order valence-electron chi connectivity index (χ1n) is 7.44. The van der Waals surface area contributed by atoms with Crippen LogP contribution in [0.15, 0.2) is 24.3 Å². The number of nitrogens with one attached hydrogen (secondary N) is 2. The van der Waals surface area contributed by atoms with Crippen LogP contribution >= 0.6 is 0 Å². The van der Waals surface area contributed by atoms with Gasteiger partial charge in [-0.05, 0) is 43.0 Å². The highest BCUT2D eigenvalue weighted by Crippen LogP contribution is 2.22. The summed E-state index contributed by atoms with van der Waals surface area (Å²) < 4.78 is 0. The van der Waals surface area contributed by atoms with Crippen LogP contribution in [-0.4, -0.2) is 26.0 Å². The van der Waals surface area contributed by atoms with E-state index in [2.05, 4.69) is 55.7 Å². The predicted octanol–water partition coefficient (Wildman–Crippen LogP) is 2.64. The average Bonchev–Trinajstić information content (AvgIpc) is 2.41. The molecule has 0 atom stereocenters. The van der Waals surface area contributed by atoms with Gasteiger partial charge in [0.15, 0.2) is 0 Å². The van der Waals surface area contributed by atoms with Crippen molar-refractivity contribution < 1.29 is 4.79 Å². The molecule has 1 rings (SSSR count). The van der Waals surface area contributed by atoms with Gasteiger partial charge in [-0.25, -0.2) is 0 Å². The van der Waals surface area contributed by atoms with Crippen LogP contribution in [0.3, 0.4) is 0 Å². The summed E-state index contributed by atoms with van der Waals surface area (Å²) in [4.78, 5) is 11.7. The van der Waals surface area contributed by atoms with Crippen molar-refractivity contribution in [2.24, 2.45) is 0 Å². The molecular formula is C17H28N2O. The monoisotopic (exact) mass is 276 g/mol. The Morgan fingerprint density at radius 1 is 1.10 bits per heavy atom. The molecule has 20 heavy (non-hydrogen) atoms. The second-order valence-electron chi connectivity index (χ2n) is 6.25. The highest BCUT2D eigenvalue weighted by Gasteiger charge is 2.12. The zero-order valence-corrected chi connectivity index (χ0v) is 13.3. The Labute approximate surface area is 123 Å². The highest BCUT2D eigenvalue weighted by molar-refractivity contribution is 5.76. The summed E-state index contributed by atoms with van der Waals surface area (Å²) in [6.45, 7) is 8.32. The van der Waals surface area contributed by atoms with E-state index in [4.69, 9.17) is 0 Å². The van der Waals surface area contributed by atoms with Gasteiger partial charge in [0.25, 0.3) is 0 Å². The normalized spacial score (nSPS) is 11.4. The minimum absolute atomic E-state index is 0.140. The Morgan fingerprint density at radius 3 is 2.30 bits per heavy atom. The SMILES string of the molecule is CNCCCNC(=O)CCc1ccc(C(C)(C)C)cc1. The smallest absolute Gasteiger partial charge is 0.220 e. The number of benzene rings is 1. The quantitative estimate of drug-likeness (QED) is 0.752. The molecule has 0 unspecified atom stereocenters. The van der Waals surface area contributed by atoms with Crippen LogP contribution in [0.2, 0.25) is 0 Å². The third-order valence-electron chi connectivity index (χ3n) is 3.39. The summed E-state index contributed by atoms with van der Waals surface area (Å²) in [5, 5.41) is 6.01. The van der Waals surface area contributed by atoms with Crippen LogP contribution in [0.4, 0.5) is 0 Å². The van der Waals surface area contributed by atoms with E-state index in [1.165, 1.54) is 11.1 Å². The summed E-state index contributed by atoms with van der Waals surface area (Å²) in [7, 11) is 1.92. The average molecular weight is 276 g/mol. The Hall–Kier alpha value is -1.35. The topological polar surface area (TPSA) is 41.1 Å².